The highest BCUT2D eigenvalue weighted by molar-refractivity contribution is 7.44. The molecule has 63 heavy (non-hydrogen) atoms. The van der Waals surface area contributed by atoms with E-state index in [0.29, 0.717) is 19.8 Å². The first kappa shape index (κ1) is 47.2. The summed E-state index contributed by atoms with van der Waals surface area (Å²) in [4.78, 5) is 13.1. The number of nitrogens with zero attached hydrogens (tertiary/aromatic N) is 2. The Morgan fingerprint density at radius 3 is 1.79 bits per heavy atom. The van der Waals surface area contributed by atoms with Crippen molar-refractivity contribution < 1.29 is 32.8 Å². The lowest BCUT2D eigenvalue weighted by atomic mass is 9.79. The second-order valence-electron chi connectivity index (χ2n) is 16.3. The summed E-state index contributed by atoms with van der Waals surface area (Å²) in [6, 6.07) is 45.5. The van der Waals surface area contributed by atoms with Gasteiger partial charge in [0.1, 0.15) is 23.7 Å². The Labute approximate surface area is 375 Å². The molecule has 0 aliphatic heterocycles. The van der Waals surface area contributed by atoms with Gasteiger partial charge in [0.05, 0.1) is 46.5 Å². The third-order valence-electron chi connectivity index (χ3n) is 11.4. The lowest BCUT2D eigenvalue weighted by molar-refractivity contribution is -0.0196. The van der Waals surface area contributed by atoms with E-state index in [1.165, 1.54) is 22.3 Å². The molecule has 0 radical (unpaired) electrons. The zero-order valence-corrected chi connectivity index (χ0v) is 38.4. The molecule has 5 aromatic rings. The van der Waals surface area contributed by atoms with Gasteiger partial charge in [-0.2, -0.15) is 5.26 Å². The van der Waals surface area contributed by atoms with Crippen LogP contribution in [0.2, 0.25) is 0 Å². The molecule has 1 aliphatic carbocycles. The van der Waals surface area contributed by atoms with Gasteiger partial charge in [-0.15, -0.1) is 0 Å². The van der Waals surface area contributed by atoms with Crippen LogP contribution in [0.3, 0.4) is 0 Å². The molecule has 0 fully saturated rings. The summed E-state index contributed by atoms with van der Waals surface area (Å²) >= 11 is 0. The van der Waals surface area contributed by atoms with Crippen LogP contribution in [0.4, 0.5) is 4.79 Å². The first-order valence-electron chi connectivity index (χ1n) is 22.0. The van der Waals surface area contributed by atoms with Gasteiger partial charge in [-0.1, -0.05) is 110 Å². The van der Waals surface area contributed by atoms with Crippen molar-refractivity contribution in [1.29, 1.82) is 5.26 Å². The number of carbonyl (C=O) groups is 1. The van der Waals surface area contributed by atoms with Crippen molar-refractivity contribution in [3.63, 3.8) is 0 Å². The predicted octanol–water partition coefficient (Wildman–Crippen LogP) is 11.6. The number of nitrogens with one attached hydrogen (secondary N) is 1. The fourth-order valence-corrected chi connectivity index (χ4v) is 10.1. The SMILES string of the molecule is COc1ccc(C(OCC(CCCCNC(=O)OCC2c3ccccc3-c3ccccc32)COP(OCCC#N)N(C(C)C)C(C)C)(c2ccccc2)c2ccc(OC)cc2)cc1. The second kappa shape index (κ2) is 23.4. The van der Waals surface area contributed by atoms with Gasteiger partial charge in [-0.25, -0.2) is 9.46 Å². The van der Waals surface area contributed by atoms with Crippen LogP contribution < -0.4 is 14.8 Å². The maximum Gasteiger partial charge on any atom is 0.407 e. The number of alkyl carbamates (subject to hydrolysis) is 1. The molecular weight excluding hydrogens is 810 g/mol. The van der Waals surface area contributed by atoms with E-state index in [9.17, 15) is 10.1 Å². The molecule has 1 aliphatic rings. The van der Waals surface area contributed by atoms with Crippen molar-refractivity contribution >= 4 is 14.6 Å². The van der Waals surface area contributed by atoms with Crippen molar-refractivity contribution in [3.8, 4) is 28.7 Å². The van der Waals surface area contributed by atoms with Gasteiger partial charge in [0.15, 0.2) is 0 Å². The van der Waals surface area contributed by atoms with Gasteiger partial charge in [0, 0.05) is 30.5 Å². The molecule has 1 N–H and O–H groups in total. The highest BCUT2D eigenvalue weighted by Crippen LogP contribution is 2.48. The third kappa shape index (κ3) is 11.9. The summed E-state index contributed by atoms with van der Waals surface area (Å²) in [6.07, 6.45) is 2.15. The van der Waals surface area contributed by atoms with Crippen molar-refractivity contribution in [3.05, 3.63) is 155 Å². The highest BCUT2D eigenvalue weighted by Gasteiger charge is 2.39. The van der Waals surface area contributed by atoms with E-state index < -0.39 is 20.2 Å². The van der Waals surface area contributed by atoms with E-state index in [-0.39, 0.29) is 43.6 Å². The Hall–Kier alpha value is -5.27. The van der Waals surface area contributed by atoms with Crippen molar-refractivity contribution in [1.82, 2.24) is 9.99 Å². The molecular formula is C52H62N3O7P. The molecule has 6 rings (SSSR count). The molecule has 10 nitrogen and oxygen atoms in total. The Bertz CT molecular complexity index is 2110. The molecule has 2 unspecified atom stereocenters. The molecule has 332 valence electrons. The zero-order chi connectivity index (χ0) is 44.6. The average Bonchev–Trinajstić information content (AvgIpc) is 3.63. The number of nitriles is 1. The molecule has 0 saturated heterocycles. The third-order valence-corrected chi connectivity index (χ3v) is 13.5. The van der Waals surface area contributed by atoms with Gasteiger partial charge in [-0.3, -0.25) is 0 Å². The molecule has 2 atom stereocenters. The number of hydrogen-bond acceptors (Lipinski definition) is 9. The number of benzene rings is 5. The Morgan fingerprint density at radius 1 is 0.714 bits per heavy atom. The van der Waals surface area contributed by atoms with Crippen LogP contribution in [0.1, 0.15) is 87.1 Å². The molecule has 1 amide bonds. The number of fused-ring (bicyclic) bond motifs is 3. The van der Waals surface area contributed by atoms with Crippen LogP contribution in [0.15, 0.2) is 127 Å². The quantitative estimate of drug-likeness (QED) is 0.0368. The predicted molar refractivity (Wildman–Crippen MR) is 250 cm³/mol. The fourth-order valence-electron chi connectivity index (χ4n) is 8.41. The number of unbranched alkanes of at least 4 members (excludes halogenated alkanes) is 1. The first-order valence-corrected chi connectivity index (χ1v) is 23.1. The minimum absolute atomic E-state index is 0.000533. The van der Waals surface area contributed by atoms with Crippen LogP contribution in [0.5, 0.6) is 11.5 Å². The summed E-state index contributed by atoms with van der Waals surface area (Å²) in [5, 5.41) is 12.3. The lowest BCUT2D eigenvalue weighted by Crippen LogP contribution is -2.36. The standard InChI is InChI=1S/C52H62N3O7P/c1-38(2)55(39(3)4)63(61-34-16-32-53)62-36-40(17-14-15-33-54-51(56)59-37-50-48-22-12-10-20-46(48)47-21-11-13-23-49(47)50)35-60-52(41-18-8-7-9-19-41,42-24-28-44(57-5)29-25-42)43-26-30-45(58-6)31-27-43/h7-13,18-31,38-40,50H,14-17,33-37H2,1-6H3,(H,54,56). The minimum atomic E-state index is -1.47. The largest absolute Gasteiger partial charge is 0.497 e. The van der Waals surface area contributed by atoms with Crippen molar-refractivity contribution in [2.75, 3.05) is 47.2 Å². The Morgan fingerprint density at radius 2 is 1.25 bits per heavy atom. The lowest BCUT2D eigenvalue weighted by Gasteiger charge is -2.38. The zero-order valence-electron chi connectivity index (χ0n) is 37.5. The number of ether oxygens (including phenoxy) is 4. The van der Waals surface area contributed by atoms with Gasteiger partial charge in [0.2, 0.25) is 0 Å². The summed E-state index contributed by atoms with van der Waals surface area (Å²) in [7, 11) is 1.85. The number of rotatable bonds is 24. The van der Waals surface area contributed by atoms with Crippen LogP contribution in [-0.4, -0.2) is 70.0 Å². The number of carbonyl (C=O) groups excluding carboxylic acids is 1. The van der Waals surface area contributed by atoms with Gasteiger partial charge in [0.25, 0.3) is 8.53 Å². The summed E-state index contributed by atoms with van der Waals surface area (Å²) in [5.74, 6) is 1.43. The fraction of sp³-hybridized carbons (Fsp3) is 0.385. The van der Waals surface area contributed by atoms with Crippen LogP contribution >= 0.6 is 8.53 Å². The number of methoxy groups -OCH3 is 2. The van der Waals surface area contributed by atoms with Gasteiger partial charge >= 0.3 is 6.09 Å². The maximum atomic E-state index is 13.1. The first-order chi connectivity index (χ1) is 30.7. The molecule has 0 bridgehead atoms. The van der Waals surface area contributed by atoms with E-state index in [1.54, 1.807) is 14.2 Å². The maximum absolute atomic E-state index is 13.1. The number of amides is 1. The van der Waals surface area contributed by atoms with E-state index in [4.69, 9.17) is 28.0 Å². The highest BCUT2D eigenvalue weighted by atomic mass is 31.2. The minimum Gasteiger partial charge on any atom is -0.497 e. The van der Waals surface area contributed by atoms with Crippen LogP contribution in [-0.2, 0) is 24.1 Å². The van der Waals surface area contributed by atoms with E-state index in [0.717, 1.165) is 47.5 Å². The molecule has 5 aromatic carbocycles. The van der Waals surface area contributed by atoms with E-state index >= 15 is 0 Å². The average molecular weight is 872 g/mol. The van der Waals surface area contributed by atoms with Crippen molar-refractivity contribution in [2.45, 2.75) is 77.0 Å². The summed E-state index contributed by atoms with van der Waals surface area (Å²) < 4.78 is 39.6. The Balaban J connectivity index is 1.19. The molecule has 0 spiro atoms. The molecule has 11 heteroatoms. The monoisotopic (exact) mass is 871 g/mol. The summed E-state index contributed by atoms with van der Waals surface area (Å²) in [6.45, 7) is 10.3. The van der Waals surface area contributed by atoms with Crippen LogP contribution in [0, 0.1) is 17.2 Å². The van der Waals surface area contributed by atoms with Gasteiger partial charge in [-0.05, 0) is 104 Å². The molecule has 0 saturated carbocycles. The molecule has 0 aromatic heterocycles. The van der Waals surface area contributed by atoms with E-state index in [1.807, 2.05) is 66.7 Å². The van der Waals surface area contributed by atoms with E-state index in [2.05, 4.69) is 104 Å². The van der Waals surface area contributed by atoms with Crippen molar-refractivity contribution in [2.24, 2.45) is 5.92 Å². The smallest absolute Gasteiger partial charge is 0.407 e. The Kier molecular flexibility index (Phi) is 17.6. The second-order valence-corrected chi connectivity index (χ2v) is 17.7. The van der Waals surface area contributed by atoms with Gasteiger partial charge < -0.3 is 33.3 Å². The molecule has 0 heterocycles. The van der Waals surface area contributed by atoms with Crippen LogP contribution in [0.25, 0.3) is 11.1 Å². The summed E-state index contributed by atoms with van der Waals surface area (Å²) in [5.41, 5.74) is 6.61. The number of hydrogen-bond donors (Lipinski definition) is 1. The topological polar surface area (TPSA) is 112 Å². The normalized spacial score (nSPS) is 13.3.